The van der Waals surface area contributed by atoms with Crippen LogP contribution in [-0.2, 0) is 9.59 Å². The molecule has 0 unspecified atom stereocenters. The van der Waals surface area contributed by atoms with Crippen LogP contribution in [0, 0.1) is 6.92 Å². The molecule has 4 nitrogen and oxygen atoms in total. The number of carbonyl (C=O) groups is 2. The first-order valence-electron chi connectivity index (χ1n) is 6.97. The zero-order valence-corrected chi connectivity index (χ0v) is 12.6. The maximum atomic E-state index is 12.3. The number of carbonyl (C=O) groups excluding carboxylic acids is 2. The normalized spacial score (nSPS) is 10.9. The van der Waals surface area contributed by atoms with Gasteiger partial charge in [0.25, 0.3) is 5.91 Å². The zero-order chi connectivity index (χ0) is 15.9. The van der Waals surface area contributed by atoms with E-state index in [1.807, 2.05) is 61.5 Å². The van der Waals surface area contributed by atoms with Gasteiger partial charge in [-0.05, 0) is 30.7 Å². The first-order valence-corrected chi connectivity index (χ1v) is 6.97. The molecule has 112 valence electrons. The molecule has 0 bridgehead atoms. The van der Waals surface area contributed by atoms with Crippen molar-refractivity contribution in [1.29, 1.82) is 0 Å². The van der Waals surface area contributed by atoms with Gasteiger partial charge in [-0.1, -0.05) is 48.0 Å². The summed E-state index contributed by atoms with van der Waals surface area (Å²) in [6.45, 7) is 3.35. The lowest BCUT2D eigenvalue weighted by Crippen LogP contribution is -2.28. The van der Waals surface area contributed by atoms with Crippen molar-refractivity contribution in [3.63, 3.8) is 0 Å². The molecule has 0 fully saturated rings. The van der Waals surface area contributed by atoms with Crippen LogP contribution in [0.1, 0.15) is 18.1 Å². The monoisotopic (exact) mass is 294 g/mol. The van der Waals surface area contributed by atoms with Gasteiger partial charge in [0.2, 0.25) is 5.91 Å². The van der Waals surface area contributed by atoms with Gasteiger partial charge in [-0.3, -0.25) is 9.59 Å². The molecule has 0 spiro atoms. The summed E-state index contributed by atoms with van der Waals surface area (Å²) in [4.78, 5) is 23.7. The topological polar surface area (TPSA) is 58.2 Å². The molecule has 0 aliphatic carbocycles. The van der Waals surface area contributed by atoms with Crippen molar-refractivity contribution < 1.29 is 9.59 Å². The summed E-state index contributed by atoms with van der Waals surface area (Å²) in [7, 11) is 0. The van der Waals surface area contributed by atoms with Gasteiger partial charge in [-0.2, -0.15) is 0 Å². The summed E-state index contributed by atoms with van der Waals surface area (Å²) in [6, 6.07) is 16.8. The summed E-state index contributed by atoms with van der Waals surface area (Å²) in [5, 5.41) is 5.34. The van der Waals surface area contributed by atoms with Crippen molar-refractivity contribution in [2.45, 2.75) is 13.8 Å². The predicted molar refractivity (Wildman–Crippen MR) is 88.0 cm³/mol. The number of amides is 2. The molecule has 4 heteroatoms. The van der Waals surface area contributed by atoms with Gasteiger partial charge in [-0.25, -0.2) is 0 Å². The molecule has 0 heterocycles. The fourth-order valence-electron chi connectivity index (χ4n) is 1.90. The Labute approximate surface area is 129 Å². The molecule has 0 saturated carbocycles. The fraction of sp³-hybridized carbons (Fsp3) is 0.111. The lowest BCUT2D eigenvalue weighted by molar-refractivity contribution is -0.120. The second-order valence-electron chi connectivity index (χ2n) is 4.97. The Morgan fingerprint density at radius 3 is 2.18 bits per heavy atom. The maximum Gasteiger partial charge on any atom is 0.272 e. The Hall–Kier alpha value is -2.88. The Morgan fingerprint density at radius 2 is 1.59 bits per heavy atom. The van der Waals surface area contributed by atoms with Crippen LogP contribution in [0.5, 0.6) is 0 Å². The van der Waals surface area contributed by atoms with Gasteiger partial charge in [-0.15, -0.1) is 0 Å². The molecule has 0 radical (unpaired) electrons. The van der Waals surface area contributed by atoms with E-state index in [9.17, 15) is 9.59 Å². The summed E-state index contributed by atoms with van der Waals surface area (Å²) >= 11 is 0. The van der Waals surface area contributed by atoms with E-state index < -0.39 is 0 Å². The van der Waals surface area contributed by atoms with Gasteiger partial charge >= 0.3 is 0 Å². The van der Waals surface area contributed by atoms with E-state index in [1.54, 1.807) is 6.08 Å². The van der Waals surface area contributed by atoms with E-state index in [-0.39, 0.29) is 17.5 Å². The van der Waals surface area contributed by atoms with E-state index in [4.69, 9.17) is 0 Å². The van der Waals surface area contributed by atoms with Crippen LogP contribution in [-0.4, -0.2) is 11.8 Å². The number of aryl methyl sites for hydroxylation is 1. The number of benzene rings is 2. The third-order valence-electron chi connectivity index (χ3n) is 2.98. The van der Waals surface area contributed by atoms with Crippen molar-refractivity contribution >= 4 is 23.6 Å². The van der Waals surface area contributed by atoms with Gasteiger partial charge in [0.15, 0.2) is 0 Å². The molecule has 0 atom stereocenters. The second kappa shape index (κ2) is 7.22. The van der Waals surface area contributed by atoms with E-state index in [2.05, 4.69) is 10.6 Å². The zero-order valence-electron chi connectivity index (χ0n) is 12.6. The molecule has 22 heavy (non-hydrogen) atoms. The van der Waals surface area contributed by atoms with Crippen LogP contribution in [0.4, 0.5) is 5.69 Å². The minimum absolute atomic E-state index is 0.208. The molecule has 2 rings (SSSR count). The highest BCUT2D eigenvalue weighted by molar-refractivity contribution is 6.08. The van der Waals surface area contributed by atoms with Gasteiger partial charge in [0, 0.05) is 12.6 Å². The van der Waals surface area contributed by atoms with Gasteiger partial charge in [0.1, 0.15) is 5.70 Å². The highest BCUT2D eigenvalue weighted by Crippen LogP contribution is 2.11. The maximum absolute atomic E-state index is 12.3. The Morgan fingerprint density at radius 1 is 0.955 bits per heavy atom. The van der Waals surface area contributed by atoms with Crippen LogP contribution >= 0.6 is 0 Å². The third-order valence-corrected chi connectivity index (χ3v) is 2.98. The minimum atomic E-state index is -0.358. The first-order chi connectivity index (χ1) is 10.5. The Kier molecular flexibility index (Phi) is 5.09. The second-order valence-corrected chi connectivity index (χ2v) is 4.97. The SMILES string of the molecule is CC(=O)N/C(=C\c1ccccc1)C(=O)Nc1ccc(C)cc1. The lowest BCUT2D eigenvalue weighted by atomic mass is 10.2. The fourth-order valence-corrected chi connectivity index (χ4v) is 1.90. The predicted octanol–water partition coefficient (Wildman–Crippen LogP) is 3.11. The van der Waals surface area contributed by atoms with E-state index in [0.717, 1.165) is 11.1 Å². The highest BCUT2D eigenvalue weighted by Gasteiger charge is 2.11. The lowest BCUT2D eigenvalue weighted by Gasteiger charge is -2.10. The largest absolute Gasteiger partial charge is 0.322 e. The molecule has 0 aromatic heterocycles. The molecular weight excluding hydrogens is 276 g/mol. The van der Waals surface area contributed by atoms with E-state index in [0.29, 0.717) is 5.69 Å². The van der Waals surface area contributed by atoms with Crippen molar-refractivity contribution in [2.75, 3.05) is 5.32 Å². The molecule has 2 amide bonds. The third kappa shape index (κ3) is 4.59. The van der Waals surface area contributed by atoms with Crippen LogP contribution in [0.3, 0.4) is 0 Å². The summed E-state index contributed by atoms with van der Waals surface area (Å²) < 4.78 is 0. The molecule has 0 saturated heterocycles. The van der Waals surface area contributed by atoms with Gasteiger partial charge < -0.3 is 10.6 Å². The number of anilines is 1. The van der Waals surface area contributed by atoms with Crippen molar-refractivity contribution in [2.24, 2.45) is 0 Å². The Bertz CT molecular complexity index is 689. The quantitative estimate of drug-likeness (QED) is 0.851. The molecule has 2 aromatic carbocycles. The van der Waals surface area contributed by atoms with Crippen molar-refractivity contribution in [3.8, 4) is 0 Å². The van der Waals surface area contributed by atoms with Crippen LogP contribution in [0.2, 0.25) is 0 Å². The average Bonchev–Trinajstić information content (AvgIpc) is 2.49. The Balaban J connectivity index is 2.21. The molecule has 2 N–H and O–H groups in total. The summed E-state index contributed by atoms with van der Waals surface area (Å²) in [5.74, 6) is -0.649. The average molecular weight is 294 g/mol. The van der Waals surface area contributed by atoms with Crippen LogP contribution in [0.15, 0.2) is 60.3 Å². The van der Waals surface area contributed by atoms with E-state index >= 15 is 0 Å². The van der Waals surface area contributed by atoms with Crippen molar-refractivity contribution in [1.82, 2.24) is 5.32 Å². The number of rotatable bonds is 4. The minimum Gasteiger partial charge on any atom is -0.322 e. The standard InChI is InChI=1S/C18H18N2O2/c1-13-8-10-16(11-9-13)20-18(22)17(19-14(2)21)12-15-6-4-3-5-7-15/h3-12H,1-2H3,(H,19,21)(H,20,22)/b17-12-. The van der Waals surface area contributed by atoms with Crippen LogP contribution in [0.25, 0.3) is 6.08 Å². The summed E-state index contributed by atoms with van der Waals surface area (Å²) in [6.07, 6.45) is 1.64. The number of hydrogen-bond donors (Lipinski definition) is 2. The highest BCUT2D eigenvalue weighted by atomic mass is 16.2. The number of hydrogen-bond acceptors (Lipinski definition) is 2. The van der Waals surface area contributed by atoms with Crippen LogP contribution < -0.4 is 10.6 Å². The summed E-state index contributed by atoms with van der Waals surface area (Å²) in [5.41, 5.74) is 2.84. The molecule has 2 aromatic rings. The smallest absolute Gasteiger partial charge is 0.272 e. The molecule has 0 aliphatic rings. The molecule has 0 aliphatic heterocycles. The van der Waals surface area contributed by atoms with Crippen molar-refractivity contribution in [3.05, 3.63) is 71.4 Å². The van der Waals surface area contributed by atoms with E-state index in [1.165, 1.54) is 6.92 Å². The van der Waals surface area contributed by atoms with Gasteiger partial charge in [0.05, 0.1) is 0 Å². The first kappa shape index (κ1) is 15.5. The molecular formula is C18H18N2O2. The number of nitrogens with one attached hydrogen (secondary N) is 2.